The second-order valence-electron chi connectivity index (χ2n) is 4.59. The Morgan fingerprint density at radius 1 is 1.55 bits per heavy atom. The summed E-state index contributed by atoms with van der Waals surface area (Å²) >= 11 is 0. The van der Waals surface area contributed by atoms with Crippen molar-refractivity contribution >= 4 is 11.4 Å². The Hall–Kier alpha value is -1.80. The normalized spacial score (nSPS) is 18.9. The predicted octanol–water partition coefficient (Wildman–Crippen LogP) is 1.30. The zero-order valence-corrected chi connectivity index (χ0v) is 10.9. The number of hydrogen-bond acceptors (Lipinski definition) is 5. The number of likely N-dealkylation sites (N-methyl/N-ethyl adjacent to an activating group) is 1. The van der Waals surface area contributed by atoms with Crippen LogP contribution < -0.4 is 10.2 Å². The lowest BCUT2D eigenvalue weighted by molar-refractivity contribution is -0.386. The van der Waals surface area contributed by atoms with Crippen LogP contribution in [-0.4, -0.2) is 44.3 Å². The molecule has 1 heterocycles. The van der Waals surface area contributed by atoms with E-state index in [1.54, 1.807) is 7.05 Å². The summed E-state index contributed by atoms with van der Waals surface area (Å²) < 4.78 is 32.3. The molecule has 1 unspecified atom stereocenters. The topological polar surface area (TPSA) is 67.6 Å². The second-order valence-corrected chi connectivity index (χ2v) is 4.59. The number of rotatable bonds is 4. The van der Waals surface area contributed by atoms with Crippen molar-refractivity contribution < 1.29 is 18.4 Å². The van der Waals surface area contributed by atoms with Crippen LogP contribution in [0.2, 0.25) is 0 Å². The van der Waals surface area contributed by atoms with E-state index in [0.717, 1.165) is 12.6 Å². The van der Waals surface area contributed by atoms with Gasteiger partial charge in [0.1, 0.15) is 11.5 Å². The average molecular weight is 287 g/mol. The standard InChI is InChI=1S/C12H15F2N3O3/c1-16(7-9-6-15-2-3-20-9)11-5-8(13)4-10(14)12(11)17(18)19/h4-5,9,15H,2-3,6-7H2,1H3. The number of nitro groups is 1. The summed E-state index contributed by atoms with van der Waals surface area (Å²) in [6.45, 7) is 2.18. The van der Waals surface area contributed by atoms with Crippen molar-refractivity contribution in [2.24, 2.45) is 0 Å². The maximum Gasteiger partial charge on any atom is 0.328 e. The van der Waals surface area contributed by atoms with E-state index in [1.165, 1.54) is 4.90 Å². The summed E-state index contributed by atoms with van der Waals surface area (Å²) in [5, 5.41) is 14.0. The van der Waals surface area contributed by atoms with Gasteiger partial charge in [-0.05, 0) is 0 Å². The molecule has 0 spiro atoms. The van der Waals surface area contributed by atoms with Crippen LogP contribution in [0.4, 0.5) is 20.2 Å². The van der Waals surface area contributed by atoms with Gasteiger partial charge < -0.3 is 15.0 Å². The first-order valence-corrected chi connectivity index (χ1v) is 6.16. The molecular formula is C12H15F2N3O3. The third kappa shape index (κ3) is 3.20. The molecule has 1 fully saturated rings. The molecule has 20 heavy (non-hydrogen) atoms. The Balaban J connectivity index is 2.23. The molecule has 8 heteroatoms. The molecule has 110 valence electrons. The summed E-state index contributed by atoms with van der Waals surface area (Å²) in [4.78, 5) is 11.5. The van der Waals surface area contributed by atoms with E-state index in [4.69, 9.17) is 4.74 Å². The lowest BCUT2D eigenvalue weighted by Gasteiger charge is -2.29. The largest absolute Gasteiger partial charge is 0.374 e. The molecule has 0 bridgehead atoms. The van der Waals surface area contributed by atoms with Crippen molar-refractivity contribution in [1.29, 1.82) is 0 Å². The Morgan fingerprint density at radius 2 is 2.30 bits per heavy atom. The summed E-state index contributed by atoms with van der Waals surface area (Å²) in [5.74, 6) is -2.03. The molecule has 1 aliphatic rings. The number of halogens is 2. The summed E-state index contributed by atoms with van der Waals surface area (Å²) in [5.41, 5.74) is -0.820. The first-order valence-electron chi connectivity index (χ1n) is 6.16. The molecule has 1 N–H and O–H groups in total. The Morgan fingerprint density at radius 3 is 2.90 bits per heavy atom. The van der Waals surface area contributed by atoms with Gasteiger partial charge >= 0.3 is 5.69 Å². The van der Waals surface area contributed by atoms with E-state index < -0.39 is 22.2 Å². The monoisotopic (exact) mass is 287 g/mol. The van der Waals surface area contributed by atoms with E-state index in [2.05, 4.69) is 5.32 Å². The molecule has 0 aromatic heterocycles. The van der Waals surface area contributed by atoms with Gasteiger partial charge in [-0.2, -0.15) is 4.39 Å². The van der Waals surface area contributed by atoms with Gasteiger partial charge in [0.25, 0.3) is 0 Å². The van der Waals surface area contributed by atoms with Crippen LogP contribution in [0, 0.1) is 21.7 Å². The Bertz CT molecular complexity index is 507. The van der Waals surface area contributed by atoms with E-state index in [0.29, 0.717) is 25.8 Å². The van der Waals surface area contributed by atoms with E-state index in [9.17, 15) is 18.9 Å². The van der Waals surface area contributed by atoms with Crippen molar-refractivity contribution in [3.63, 3.8) is 0 Å². The SMILES string of the molecule is CN(CC1CNCCO1)c1cc(F)cc(F)c1[N+](=O)[O-]. The fraction of sp³-hybridized carbons (Fsp3) is 0.500. The minimum atomic E-state index is -1.18. The van der Waals surface area contributed by atoms with Gasteiger partial charge in [-0.25, -0.2) is 4.39 Å². The molecule has 1 atom stereocenters. The summed E-state index contributed by atoms with van der Waals surface area (Å²) in [7, 11) is 1.54. The molecule has 0 saturated carbocycles. The fourth-order valence-corrected chi connectivity index (χ4v) is 2.16. The van der Waals surface area contributed by atoms with Gasteiger partial charge in [0, 0.05) is 38.8 Å². The first kappa shape index (κ1) is 14.6. The zero-order chi connectivity index (χ0) is 14.7. The zero-order valence-electron chi connectivity index (χ0n) is 10.9. The molecular weight excluding hydrogens is 272 g/mol. The van der Waals surface area contributed by atoms with Crippen molar-refractivity contribution in [3.05, 3.63) is 33.9 Å². The van der Waals surface area contributed by atoms with Gasteiger partial charge in [-0.1, -0.05) is 0 Å². The number of anilines is 1. The maximum atomic E-state index is 13.5. The average Bonchev–Trinajstić information content (AvgIpc) is 2.38. The molecule has 2 rings (SSSR count). The highest BCUT2D eigenvalue weighted by Crippen LogP contribution is 2.31. The lowest BCUT2D eigenvalue weighted by atomic mass is 10.2. The van der Waals surface area contributed by atoms with E-state index in [1.807, 2.05) is 0 Å². The lowest BCUT2D eigenvalue weighted by Crippen LogP contribution is -2.44. The van der Waals surface area contributed by atoms with Crippen LogP contribution in [0.5, 0.6) is 0 Å². The van der Waals surface area contributed by atoms with Crippen LogP contribution >= 0.6 is 0 Å². The summed E-state index contributed by atoms with van der Waals surface area (Å²) in [6.07, 6.45) is -0.181. The Kier molecular flexibility index (Phi) is 4.46. The second kappa shape index (κ2) is 6.10. The number of nitrogens with one attached hydrogen (secondary N) is 1. The highest BCUT2D eigenvalue weighted by atomic mass is 19.1. The third-order valence-electron chi connectivity index (χ3n) is 3.08. The quantitative estimate of drug-likeness (QED) is 0.668. The molecule has 1 aromatic carbocycles. The van der Waals surface area contributed by atoms with Crippen molar-refractivity contribution in [1.82, 2.24) is 5.32 Å². The first-order chi connectivity index (χ1) is 9.49. The number of nitro benzene ring substituents is 1. The predicted molar refractivity (Wildman–Crippen MR) is 68.9 cm³/mol. The minimum absolute atomic E-state index is 0.0957. The van der Waals surface area contributed by atoms with Gasteiger partial charge in [-0.15, -0.1) is 0 Å². The smallest absolute Gasteiger partial charge is 0.328 e. The highest BCUT2D eigenvalue weighted by molar-refractivity contribution is 5.63. The van der Waals surface area contributed by atoms with Crippen LogP contribution in [0.3, 0.4) is 0 Å². The molecule has 1 aliphatic heterocycles. The fourth-order valence-electron chi connectivity index (χ4n) is 2.16. The molecule has 0 radical (unpaired) electrons. The molecule has 1 saturated heterocycles. The van der Waals surface area contributed by atoms with Crippen LogP contribution in [0.1, 0.15) is 0 Å². The number of ether oxygens (including phenoxy) is 1. The van der Waals surface area contributed by atoms with Gasteiger partial charge in [0.05, 0.1) is 17.6 Å². The number of nitrogens with zero attached hydrogens (tertiary/aromatic N) is 2. The minimum Gasteiger partial charge on any atom is -0.374 e. The molecule has 1 aromatic rings. The van der Waals surface area contributed by atoms with Crippen molar-refractivity contribution in [2.45, 2.75) is 6.10 Å². The van der Waals surface area contributed by atoms with Gasteiger partial charge in [0.15, 0.2) is 0 Å². The van der Waals surface area contributed by atoms with Crippen molar-refractivity contribution in [2.75, 3.05) is 38.2 Å². The number of hydrogen-bond donors (Lipinski definition) is 1. The number of benzene rings is 1. The van der Waals surface area contributed by atoms with Crippen LogP contribution in [0.15, 0.2) is 12.1 Å². The van der Waals surface area contributed by atoms with Crippen LogP contribution in [0.25, 0.3) is 0 Å². The highest BCUT2D eigenvalue weighted by Gasteiger charge is 2.26. The molecule has 0 aliphatic carbocycles. The van der Waals surface area contributed by atoms with Crippen molar-refractivity contribution in [3.8, 4) is 0 Å². The van der Waals surface area contributed by atoms with Crippen LogP contribution in [-0.2, 0) is 4.74 Å². The molecule has 6 nitrogen and oxygen atoms in total. The van der Waals surface area contributed by atoms with E-state index >= 15 is 0 Å². The number of morpholine rings is 1. The van der Waals surface area contributed by atoms with Gasteiger partial charge in [-0.3, -0.25) is 10.1 Å². The summed E-state index contributed by atoms with van der Waals surface area (Å²) in [6, 6.07) is 1.46. The molecule has 0 amide bonds. The Labute approximate surface area is 114 Å². The third-order valence-corrected chi connectivity index (χ3v) is 3.08. The van der Waals surface area contributed by atoms with Gasteiger partial charge in [0.2, 0.25) is 5.82 Å². The van der Waals surface area contributed by atoms with E-state index in [-0.39, 0.29) is 11.8 Å². The maximum absolute atomic E-state index is 13.5.